The molecule has 0 aromatic rings. The van der Waals surface area contributed by atoms with E-state index in [0.717, 1.165) is 19.3 Å². The Morgan fingerprint density at radius 3 is 2.60 bits per heavy atom. The second kappa shape index (κ2) is 6.05. The molecule has 0 saturated heterocycles. The molecule has 1 rings (SSSR count). The third-order valence-corrected chi connectivity index (χ3v) is 2.91. The molecule has 0 aliphatic heterocycles. The van der Waals surface area contributed by atoms with E-state index in [1.807, 2.05) is 0 Å². The number of hydrogen-bond donors (Lipinski definition) is 2. The van der Waals surface area contributed by atoms with E-state index in [2.05, 4.69) is 5.32 Å². The van der Waals surface area contributed by atoms with Gasteiger partial charge in [-0.2, -0.15) is 0 Å². The molecule has 0 spiro atoms. The first-order valence-corrected chi connectivity index (χ1v) is 5.71. The summed E-state index contributed by atoms with van der Waals surface area (Å²) in [6, 6.07) is 0. The van der Waals surface area contributed by atoms with Gasteiger partial charge < -0.3 is 10.4 Å². The molecule has 0 aromatic carbocycles. The fourth-order valence-electron chi connectivity index (χ4n) is 2.04. The Balaban J connectivity index is 2.23. The van der Waals surface area contributed by atoms with Crippen LogP contribution in [0.2, 0.25) is 0 Å². The average molecular weight is 217 g/mol. The standard InChI is InChI=1S/C11H20FNO2/c12-7-4-8-13-10(14)9-11(15)5-2-1-3-6-11/h15H,1-9H2,(H,13,14). The predicted octanol–water partition coefficient (Wildman–Crippen LogP) is 1.55. The maximum Gasteiger partial charge on any atom is 0.222 e. The van der Waals surface area contributed by atoms with E-state index >= 15 is 0 Å². The highest BCUT2D eigenvalue weighted by Gasteiger charge is 2.31. The lowest BCUT2D eigenvalue weighted by molar-refractivity contribution is -0.127. The average Bonchev–Trinajstić information content (AvgIpc) is 2.18. The van der Waals surface area contributed by atoms with Crippen LogP contribution >= 0.6 is 0 Å². The molecular formula is C11H20FNO2. The van der Waals surface area contributed by atoms with Crippen LogP contribution in [0.1, 0.15) is 44.9 Å². The van der Waals surface area contributed by atoms with Crippen molar-refractivity contribution in [2.75, 3.05) is 13.2 Å². The molecular weight excluding hydrogens is 197 g/mol. The minimum atomic E-state index is -0.807. The zero-order valence-corrected chi connectivity index (χ0v) is 9.10. The van der Waals surface area contributed by atoms with E-state index in [0.29, 0.717) is 25.8 Å². The molecule has 1 saturated carbocycles. The molecule has 1 amide bonds. The summed E-state index contributed by atoms with van der Waals surface area (Å²) < 4.78 is 11.8. The van der Waals surface area contributed by atoms with Gasteiger partial charge in [-0.15, -0.1) is 0 Å². The van der Waals surface area contributed by atoms with Crippen molar-refractivity contribution in [2.45, 2.75) is 50.5 Å². The van der Waals surface area contributed by atoms with Crippen molar-refractivity contribution < 1.29 is 14.3 Å². The van der Waals surface area contributed by atoms with Gasteiger partial charge in [0.1, 0.15) is 0 Å². The Morgan fingerprint density at radius 1 is 1.33 bits per heavy atom. The summed E-state index contributed by atoms with van der Waals surface area (Å²) in [5, 5.41) is 12.7. The van der Waals surface area contributed by atoms with Gasteiger partial charge in [0.2, 0.25) is 5.91 Å². The van der Waals surface area contributed by atoms with Gasteiger partial charge in [-0.1, -0.05) is 19.3 Å². The number of aliphatic hydroxyl groups is 1. The number of rotatable bonds is 5. The molecule has 0 radical (unpaired) electrons. The molecule has 1 fully saturated rings. The second-order valence-electron chi connectivity index (χ2n) is 4.35. The first-order valence-electron chi connectivity index (χ1n) is 5.71. The van der Waals surface area contributed by atoms with Crippen LogP contribution in [0.25, 0.3) is 0 Å². The first kappa shape index (κ1) is 12.4. The fraction of sp³-hybridized carbons (Fsp3) is 0.909. The fourth-order valence-corrected chi connectivity index (χ4v) is 2.04. The minimum absolute atomic E-state index is 0.159. The molecule has 2 N–H and O–H groups in total. The van der Waals surface area contributed by atoms with Gasteiger partial charge in [-0.3, -0.25) is 9.18 Å². The van der Waals surface area contributed by atoms with Crippen LogP contribution in [0.15, 0.2) is 0 Å². The van der Waals surface area contributed by atoms with Gasteiger partial charge in [0.05, 0.1) is 18.7 Å². The maximum absolute atomic E-state index is 11.8. The SMILES string of the molecule is O=C(CC1(O)CCCCC1)NCCCF. The summed E-state index contributed by atoms with van der Waals surface area (Å²) >= 11 is 0. The van der Waals surface area contributed by atoms with Crippen LogP contribution in [-0.4, -0.2) is 29.8 Å². The van der Waals surface area contributed by atoms with Crippen molar-refractivity contribution >= 4 is 5.91 Å². The topological polar surface area (TPSA) is 49.3 Å². The van der Waals surface area contributed by atoms with Crippen LogP contribution in [0.4, 0.5) is 4.39 Å². The van der Waals surface area contributed by atoms with E-state index in [-0.39, 0.29) is 12.3 Å². The number of nitrogens with one attached hydrogen (secondary N) is 1. The normalized spacial score (nSPS) is 19.9. The maximum atomic E-state index is 11.8. The second-order valence-corrected chi connectivity index (χ2v) is 4.35. The van der Waals surface area contributed by atoms with Crippen molar-refractivity contribution in [2.24, 2.45) is 0 Å². The number of hydrogen-bond acceptors (Lipinski definition) is 2. The Hall–Kier alpha value is -0.640. The van der Waals surface area contributed by atoms with Crippen molar-refractivity contribution in [1.82, 2.24) is 5.32 Å². The zero-order valence-electron chi connectivity index (χ0n) is 9.10. The lowest BCUT2D eigenvalue weighted by atomic mass is 9.82. The van der Waals surface area contributed by atoms with E-state index in [1.54, 1.807) is 0 Å². The summed E-state index contributed by atoms with van der Waals surface area (Å²) in [7, 11) is 0. The van der Waals surface area contributed by atoms with Crippen molar-refractivity contribution in [3.8, 4) is 0 Å². The highest BCUT2D eigenvalue weighted by molar-refractivity contribution is 5.76. The Labute approximate surface area is 90.1 Å². The van der Waals surface area contributed by atoms with Crippen LogP contribution in [-0.2, 0) is 4.79 Å². The predicted molar refractivity (Wildman–Crippen MR) is 56.3 cm³/mol. The monoisotopic (exact) mass is 217 g/mol. The summed E-state index contributed by atoms with van der Waals surface area (Å²) in [4.78, 5) is 11.4. The van der Waals surface area contributed by atoms with Gasteiger partial charge in [0, 0.05) is 6.54 Å². The van der Waals surface area contributed by atoms with Crippen LogP contribution in [0.3, 0.4) is 0 Å². The molecule has 0 heterocycles. The van der Waals surface area contributed by atoms with E-state index in [4.69, 9.17) is 0 Å². The third-order valence-electron chi connectivity index (χ3n) is 2.91. The molecule has 15 heavy (non-hydrogen) atoms. The van der Waals surface area contributed by atoms with E-state index < -0.39 is 12.3 Å². The van der Waals surface area contributed by atoms with E-state index in [1.165, 1.54) is 0 Å². The van der Waals surface area contributed by atoms with Gasteiger partial charge in [0.25, 0.3) is 0 Å². The molecule has 88 valence electrons. The third kappa shape index (κ3) is 4.60. The molecule has 1 aliphatic carbocycles. The first-order chi connectivity index (χ1) is 7.16. The summed E-state index contributed by atoms with van der Waals surface area (Å²) in [5.74, 6) is -0.159. The molecule has 3 nitrogen and oxygen atoms in total. The van der Waals surface area contributed by atoms with Crippen LogP contribution in [0.5, 0.6) is 0 Å². The van der Waals surface area contributed by atoms with Crippen LogP contribution in [0, 0.1) is 0 Å². The quantitative estimate of drug-likeness (QED) is 0.686. The Morgan fingerprint density at radius 2 is 2.00 bits per heavy atom. The lowest BCUT2D eigenvalue weighted by Crippen LogP contribution is -2.38. The largest absolute Gasteiger partial charge is 0.389 e. The number of carbonyl (C=O) groups excluding carboxylic acids is 1. The summed E-state index contributed by atoms with van der Waals surface area (Å²) in [5.41, 5.74) is -0.807. The van der Waals surface area contributed by atoms with Crippen LogP contribution < -0.4 is 5.32 Å². The molecule has 0 atom stereocenters. The highest BCUT2D eigenvalue weighted by atomic mass is 19.1. The van der Waals surface area contributed by atoms with Gasteiger partial charge in [0.15, 0.2) is 0 Å². The summed E-state index contributed by atoms with van der Waals surface area (Å²) in [6.07, 6.45) is 5.07. The van der Waals surface area contributed by atoms with Crippen molar-refractivity contribution in [1.29, 1.82) is 0 Å². The van der Waals surface area contributed by atoms with Gasteiger partial charge >= 0.3 is 0 Å². The molecule has 1 aliphatic rings. The van der Waals surface area contributed by atoms with Crippen molar-refractivity contribution in [3.63, 3.8) is 0 Å². The molecule has 4 heteroatoms. The number of alkyl halides is 1. The van der Waals surface area contributed by atoms with Gasteiger partial charge in [-0.05, 0) is 19.3 Å². The van der Waals surface area contributed by atoms with E-state index in [9.17, 15) is 14.3 Å². The Kier molecular flexibility index (Phi) is 5.02. The smallest absolute Gasteiger partial charge is 0.222 e. The van der Waals surface area contributed by atoms with Crippen molar-refractivity contribution in [3.05, 3.63) is 0 Å². The molecule has 0 aromatic heterocycles. The van der Waals surface area contributed by atoms with Gasteiger partial charge in [-0.25, -0.2) is 0 Å². The molecule has 0 bridgehead atoms. The zero-order chi connectivity index (χ0) is 11.1. The Bertz CT molecular complexity index is 203. The lowest BCUT2D eigenvalue weighted by Gasteiger charge is -2.31. The number of amides is 1. The molecule has 0 unspecified atom stereocenters. The highest BCUT2D eigenvalue weighted by Crippen LogP contribution is 2.30. The number of carbonyl (C=O) groups is 1. The number of halogens is 1. The summed E-state index contributed by atoms with van der Waals surface area (Å²) in [6.45, 7) is -0.0457. The minimum Gasteiger partial charge on any atom is -0.389 e.